The molecule has 0 amide bonds. The van der Waals surface area contributed by atoms with Gasteiger partial charge in [0.2, 0.25) is 10.0 Å². The number of sulfonamides is 1. The highest BCUT2D eigenvalue weighted by Crippen LogP contribution is 2.54. The van der Waals surface area contributed by atoms with Crippen LogP contribution in [0.15, 0.2) is 40.9 Å². The molecular formula is C27H35N5O5S. The molecule has 1 saturated heterocycles. The highest BCUT2D eigenvalue weighted by molar-refractivity contribution is 7.92. The van der Waals surface area contributed by atoms with Gasteiger partial charge >= 0.3 is 0 Å². The molecule has 3 aliphatic rings. The largest absolute Gasteiger partial charge is 0.457 e. The first-order valence-electron chi connectivity index (χ1n) is 13.6. The van der Waals surface area contributed by atoms with E-state index in [0.717, 1.165) is 63.0 Å². The van der Waals surface area contributed by atoms with E-state index in [1.165, 1.54) is 12.8 Å². The Morgan fingerprint density at radius 3 is 2.55 bits per heavy atom. The third-order valence-electron chi connectivity index (χ3n) is 8.49. The van der Waals surface area contributed by atoms with Crippen LogP contribution < -0.4 is 9.62 Å². The molecule has 1 atom stereocenters. The predicted molar refractivity (Wildman–Crippen MR) is 144 cm³/mol. The average molecular weight is 542 g/mol. The fourth-order valence-corrected chi connectivity index (χ4v) is 6.76. The van der Waals surface area contributed by atoms with Crippen molar-refractivity contribution in [3.05, 3.63) is 42.3 Å². The normalized spacial score (nSPS) is 20.2. The lowest BCUT2D eigenvalue weighted by molar-refractivity contribution is 0.0894. The standard InChI is InChI=1S/C27H35N5O5S/c33-15-16-38(35,36)29-20-5-6-22(23(17-20)31-13-11-27(9-10-27)12-14-31)32-18-21(28-30-32)24-7-8-25(37-24)26(34)19-3-1-2-4-19/h5-8,17-19,26,29,33-34H,1-4,9-16H2/t26-/m0/s1. The summed E-state index contributed by atoms with van der Waals surface area (Å²) in [6.45, 7) is 1.34. The van der Waals surface area contributed by atoms with Crippen molar-refractivity contribution in [2.24, 2.45) is 11.3 Å². The summed E-state index contributed by atoms with van der Waals surface area (Å²) in [5, 5.41) is 28.5. The van der Waals surface area contributed by atoms with Gasteiger partial charge in [-0.05, 0) is 80.2 Å². The van der Waals surface area contributed by atoms with E-state index >= 15 is 0 Å². The maximum atomic E-state index is 12.3. The minimum absolute atomic E-state index is 0.236. The van der Waals surface area contributed by atoms with Crippen molar-refractivity contribution in [2.45, 2.75) is 57.5 Å². The van der Waals surface area contributed by atoms with Crippen LogP contribution in [0.5, 0.6) is 0 Å². The van der Waals surface area contributed by atoms with Crippen LogP contribution >= 0.6 is 0 Å². The number of nitrogens with one attached hydrogen (secondary N) is 1. The summed E-state index contributed by atoms with van der Waals surface area (Å²) in [7, 11) is -3.65. The lowest BCUT2D eigenvalue weighted by atomic mass is 9.93. The third-order valence-corrected chi connectivity index (χ3v) is 9.75. The van der Waals surface area contributed by atoms with Gasteiger partial charge in [0.25, 0.3) is 0 Å². The summed E-state index contributed by atoms with van der Waals surface area (Å²) < 4.78 is 34.8. The van der Waals surface area contributed by atoms with Crippen LogP contribution in [0, 0.1) is 11.3 Å². The van der Waals surface area contributed by atoms with Crippen LogP contribution in [0.4, 0.5) is 11.4 Å². The van der Waals surface area contributed by atoms with Gasteiger partial charge in [-0.3, -0.25) is 4.72 Å². The highest BCUT2D eigenvalue weighted by Gasteiger charge is 2.44. The van der Waals surface area contributed by atoms with Crippen LogP contribution in [0.1, 0.15) is 63.2 Å². The number of piperidine rings is 1. The molecule has 0 bridgehead atoms. The topological polar surface area (TPSA) is 134 Å². The number of hydrogen-bond acceptors (Lipinski definition) is 8. The van der Waals surface area contributed by atoms with Gasteiger partial charge < -0.3 is 19.5 Å². The molecule has 38 heavy (non-hydrogen) atoms. The molecule has 1 aliphatic heterocycles. The van der Waals surface area contributed by atoms with E-state index < -0.39 is 22.7 Å². The molecule has 1 spiro atoms. The van der Waals surface area contributed by atoms with Crippen molar-refractivity contribution < 1.29 is 23.0 Å². The third kappa shape index (κ3) is 5.19. The highest BCUT2D eigenvalue weighted by atomic mass is 32.2. The molecule has 1 aromatic carbocycles. The van der Waals surface area contributed by atoms with E-state index in [1.807, 2.05) is 24.3 Å². The number of rotatable bonds is 9. The second kappa shape index (κ2) is 10.0. The second-order valence-corrected chi connectivity index (χ2v) is 12.9. The number of anilines is 2. The molecule has 3 fully saturated rings. The fourth-order valence-electron chi connectivity index (χ4n) is 5.93. The van der Waals surface area contributed by atoms with Gasteiger partial charge in [0, 0.05) is 13.1 Å². The number of nitrogens with zero attached hydrogens (tertiary/aromatic N) is 4. The smallest absolute Gasteiger partial charge is 0.234 e. The Morgan fingerprint density at radius 2 is 1.84 bits per heavy atom. The quantitative estimate of drug-likeness (QED) is 0.372. The van der Waals surface area contributed by atoms with Crippen LogP contribution in [-0.2, 0) is 10.0 Å². The van der Waals surface area contributed by atoms with E-state index in [1.54, 1.807) is 16.9 Å². The summed E-state index contributed by atoms with van der Waals surface area (Å²) in [4.78, 5) is 2.28. The number of aliphatic hydroxyl groups excluding tert-OH is 2. The van der Waals surface area contributed by atoms with Crippen molar-refractivity contribution in [1.82, 2.24) is 15.0 Å². The molecule has 2 aliphatic carbocycles. The van der Waals surface area contributed by atoms with Gasteiger partial charge in [0.1, 0.15) is 17.6 Å². The second-order valence-electron chi connectivity index (χ2n) is 11.1. The van der Waals surface area contributed by atoms with Gasteiger partial charge in [-0.25, -0.2) is 13.1 Å². The maximum absolute atomic E-state index is 12.3. The zero-order chi connectivity index (χ0) is 26.3. The molecule has 0 radical (unpaired) electrons. The van der Waals surface area contributed by atoms with E-state index in [9.17, 15) is 13.5 Å². The number of aliphatic hydroxyl groups is 2. The molecule has 2 aromatic heterocycles. The molecular weight excluding hydrogens is 506 g/mol. The maximum Gasteiger partial charge on any atom is 0.234 e. The van der Waals surface area contributed by atoms with Gasteiger partial charge in [0.15, 0.2) is 5.76 Å². The van der Waals surface area contributed by atoms with Gasteiger partial charge in [0.05, 0.1) is 35.6 Å². The van der Waals surface area contributed by atoms with Crippen molar-refractivity contribution in [2.75, 3.05) is 35.1 Å². The molecule has 0 unspecified atom stereocenters. The van der Waals surface area contributed by atoms with E-state index in [2.05, 4.69) is 19.9 Å². The molecule has 2 saturated carbocycles. The Balaban J connectivity index is 1.28. The van der Waals surface area contributed by atoms with Gasteiger partial charge in [-0.1, -0.05) is 18.1 Å². The van der Waals surface area contributed by atoms with Crippen molar-refractivity contribution in [1.29, 1.82) is 0 Å². The molecule has 3 aromatic rings. The summed E-state index contributed by atoms with van der Waals surface area (Å²) in [6, 6.07) is 9.01. The zero-order valence-corrected chi connectivity index (χ0v) is 22.2. The molecule has 3 heterocycles. The SMILES string of the molecule is O=S(=O)(CCO)Nc1ccc(-n2cc(-c3ccc([C@@H](O)C4CCCC4)o3)nn2)c(N2CCC3(CC2)CC3)c1. The lowest BCUT2D eigenvalue weighted by Gasteiger charge is -2.35. The Hall–Kier alpha value is -2.89. The molecule has 204 valence electrons. The summed E-state index contributed by atoms with van der Waals surface area (Å²) >= 11 is 0. The van der Waals surface area contributed by atoms with Crippen LogP contribution in [0.2, 0.25) is 0 Å². The molecule has 6 rings (SSSR count). The Morgan fingerprint density at radius 1 is 1.08 bits per heavy atom. The molecule has 3 N–H and O–H groups in total. The van der Waals surface area contributed by atoms with Crippen LogP contribution in [0.25, 0.3) is 17.1 Å². The Bertz CT molecular complexity index is 1380. The first-order valence-corrected chi connectivity index (χ1v) is 15.2. The van der Waals surface area contributed by atoms with Gasteiger partial charge in [-0.15, -0.1) is 5.10 Å². The first-order chi connectivity index (χ1) is 18.3. The van der Waals surface area contributed by atoms with E-state index in [0.29, 0.717) is 28.3 Å². The summed E-state index contributed by atoms with van der Waals surface area (Å²) in [5.74, 6) is 0.985. The van der Waals surface area contributed by atoms with Crippen molar-refractivity contribution in [3.63, 3.8) is 0 Å². The van der Waals surface area contributed by atoms with Gasteiger partial charge in [-0.2, -0.15) is 0 Å². The molecule has 11 heteroatoms. The number of benzene rings is 1. The van der Waals surface area contributed by atoms with Crippen LogP contribution in [-0.4, -0.2) is 59.1 Å². The number of hydrogen-bond donors (Lipinski definition) is 3. The Kier molecular flexibility index (Phi) is 6.69. The summed E-state index contributed by atoms with van der Waals surface area (Å²) in [5.41, 5.74) is 3.17. The van der Waals surface area contributed by atoms with Crippen LogP contribution in [0.3, 0.4) is 0 Å². The average Bonchev–Trinajstić information content (AvgIpc) is 3.38. The lowest BCUT2D eigenvalue weighted by Crippen LogP contribution is -2.35. The predicted octanol–water partition coefficient (Wildman–Crippen LogP) is 3.87. The van der Waals surface area contributed by atoms with E-state index in [4.69, 9.17) is 9.52 Å². The van der Waals surface area contributed by atoms with E-state index in [-0.39, 0.29) is 11.7 Å². The monoisotopic (exact) mass is 541 g/mol. The zero-order valence-electron chi connectivity index (χ0n) is 21.4. The minimum Gasteiger partial charge on any atom is -0.457 e. The number of aromatic nitrogens is 3. The summed E-state index contributed by atoms with van der Waals surface area (Å²) in [6.07, 6.45) is 10.3. The van der Waals surface area contributed by atoms with Crippen molar-refractivity contribution >= 4 is 21.4 Å². The molecule has 10 nitrogen and oxygen atoms in total. The number of furan rings is 1. The van der Waals surface area contributed by atoms with Crippen molar-refractivity contribution in [3.8, 4) is 17.1 Å². The fraction of sp³-hybridized carbons (Fsp3) is 0.556. The Labute approximate surface area is 222 Å². The minimum atomic E-state index is -3.65. The first kappa shape index (κ1) is 25.4.